The highest BCUT2D eigenvalue weighted by Gasteiger charge is 2.40. The van der Waals surface area contributed by atoms with Gasteiger partial charge in [-0.05, 0) is 61.0 Å². The van der Waals surface area contributed by atoms with Crippen LogP contribution in [0.2, 0.25) is 5.02 Å². The molecule has 0 fully saturated rings. The predicted molar refractivity (Wildman–Crippen MR) is 148 cm³/mol. The maximum absolute atomic E-state index is 13.2. The third kappa shape index (κ3) is 6.05. The molecular weight excluding hydrogens is 545 g/mol. The minimum Gasteiger partial charge on any atom is -0.495 e. The number of esters is 1. The van der Waals surface area contributed by atoms with E-state index < -0.39 is 23.7 Å². The second kappa shape index (κ2) is 12.0. The number of ether oxygens (including phenoxy) is 2. The van der Waals surface area contributed by atoms with Gasteiger partial charge in [-0.2, -0.15) is 0 Å². The van der Waals surface area contributed by atoms with Crippen molar-refractivity contribution in [2.45, 2.75) is 13.3 Å². The number of hydrogen-bond donors (Lipinski definition) is 2. The summed E-state index contributed by atoms with van der Waals surface area (Å²) in [5, 5.41) is 5.55. The molecule has 11 heteroatoms. The fraction of sp³-hybridized carbons (Fsp3) is 0.143. The zero-order valence-electron chi connectivity index (χ0n) is 20.9. The lowest BCUT2D eigenvalue weighted by Gasteiger charge is -2.18. The first-order valence-corrected chi connectivity index (χ1v) is 12.6. The van der Waals surface area contributed by atoms with Crippen LogP contribution in [0.15, 0.2) is 77.5 Å². The Morgan fingerprint density at radius 3 is 2.31 bits per heavy atom. The fourth-order valence-corrected chi connectivity index (χ4v) is 4.13. The molecule has 0 radical (unpaired) electrons. The van der Waals surface area contributed by atoms with Gasteiger partial charge in [0.25, 0.3) is 17.7 Å². The van der Waals surface area contributed by atoms with Crippen molar-refractivity contribution < 1.29 is 28.7 Å². The number of rotatable bonds is 9. The first kappa shape index (κ1) is 27.7. The van der Waals surface area contributed by atoms with Crippen LogP contribution in [-0.2, 0) is 14.3 Å². The van der Waals surface area contributed by atoms with Crippen molar-refractivity contribution in [3.05, 3.63) is 93.6 Å². The van der Waals surface area contributed by atoms with Crippen LogP contribution in [0.4, 0.5) is 17.1 Å². The first-order valence-electron chi connectivity index (χ1n) is 11.8. The monoisotopic (exact) mass is 567 g/mol. The lowest BCUT2D eigenvalue weighted by atomic mass is 10.1. The highest BCUT2D eigenvalue weighted by Crippen LogP contribution is 2.37. The van der Waals surface area contributed by atoms with Gasteiger partial charge in [-0.15, -0.1) is 0 Å². The Hall–Kier alpha value is -4.34. The summed E-state index contributed by atoms with van der Waals surface area (Å²) in [6, 6.07) is 17.2. The highest BCUT2D eigenvalue weighted by atomic mass is 35.5. The molecule has 4 rings (SSSR count). The molecule has 3 aromatic carbocycles. The van der Waals surface area contributed by atoms with Crippen molar-refractivity contribution in [1.82, 2.24) is 0 Å². The van der Waals surface area contributed by atoms with E-state index in [9.17, 15) is 19.2 Å². The van der Waals surface area contributed by atoms with E-state index >= 15 is 0 Å². The number of halogens is 2. The Balaban J connectivity index is 1.51. The van der Waals surface area contributed by atoms with E-state index in [1.807, 2.05) is 6.92 Å². The molecule has 1 heterocycles. The second-order valence-electron chi connectivity index (χ2n) is 8.33. The van der Waals surface area contributed by atoms with Crippen LogP contribution in [-0.4, -0.2) is 37.4 Å². The Morgan fingerprint density at radius 1 is 0.897 bits per heavy atom. The molecule has 0 saturated heterocycles. The van der Waals surface area contributed by atoms with Gasteiger partial charge in [-0.1, -0.05) is 42.3 Å². The minimum atomic E-state index is -0.754. The van der Waals surface area contributed by atoms with Gasteiger partial charge in [0.05, 0.1) is 25.0 Å². The molecule has 1 aliphatic heterocycles. The topological polar surface area (TPSA) is 114 Å². The molecule has 9 nitrogen and oxygen atoms in total. The summed E-state index contributed by atoms with van der Waals surface area (Å²) in [7, 11) is 1.40. The van der Waals surface area contributed by atoms with Crippen LogP contribution >= 0.6 is 23.2 Å². The summed E-state index contributed by atoms with van der Waals surface area (Å²) in [5.41, 5.74) is 1.28. The predicted octanol–water partition coefficient (Wildman–Crippen LogP) is 5.60. The van der Waals surface area contributed by atoms with E-state index in [2.05, 4.69) is 10.6 Å². The number of imide groups is 1. The number of hydrogen-bond acceptors (Lipinski definition) is 7. The fourth-order valence-electron chi connectivity index (χ4n) is 3.76. The van der Waals surface area contributed by atoms with E-state index in [4.69, 9.17) is 32.7 Å². The molecule has 0 unspecified atom stereocenters. The molecule has 0 spiro atoms. The number of methoxy groups -OCH3 is 1. The lowest BCUT2D eigenvalue weighted by molar-refractivity contribution is -0.120. The van der Waals surface area contributed by atoms with Crippen molar-refractivity contribution >= 4 is 64.0 Å². The number of amides is 3. The molecule has 3 aromatic rings. The molecule has 3 amide bonds. The zero-order chi connectivity index (χ0) is 28.1. The number of carbonyl (C=O) groups is 4. The number of nitrogens with one attached hydrogen (secondary N) is 2. The molecular formula is C28H23Cl2N3O6. The molecule has 1 aliphatic rings. The normalized spacial score (nSPS) is 13.0. The van der Waals surface area contributed by atoms with E-state index in [1.54, 1.807) is 42.5 Å². The van der Waals surface area contributed by atoms with Gasteiger partial charge < -0.3 is 20.1 Å². The largest absolute Gasteiger partial charge is 0.495 e. The molecule has 0 saturated carbocycles. The van der Waals surface area contributed by atoms with Gasteiger partial charge in [-0.25, -0.2) is 9.69 Å². The second-order valence-corrected chi connectivity index (χ2v) is 9.14. The van der Waals surface area contributed by atoms with Crippen molar-refractivity contribution in [3.8, 4) is 5.75 Å². The Bertz CT molecular complexity index is 1500. The van der Waals surface area contributed by atoms with Gasteiger partial charge >= 0.3 is 5.97 Å². The van der Waals surface area contributed by atoms with Crippen LogP contribution in [0.1, 0.15) is 34.1 Å². The summed E-state index contributed by atoms with van der Waals surface area (Å²) in [4.78, 5) is 52.0. The van der Waals surface area contributed by atoms with Gasteiger partial charge in [0.15, 0.2) is 0 Å². The smallest absolute Gasteiger partial charge is 0.338 e. The summed E-state index contributed by atoms with van der Waals surface area (Å²) < 4.78 is 10.4. The molecule has 0 aromatic heterocycles. The first-order chi connectivity index (χ1) is 18.7. The third-order valence-electron chi connectivity index (χ3n) is 5.60. The molecule has 2 N–H and O–H groups in total. The summed E-state index contributed by atoms with van der Waals surface area (Å²) in [6.45, 7) is 2.19. The molecule has 0 bridgehead atoms. The summed E-state index contributed by atoms with van der Waals surface area (Å²) in [6.07, 6.45) is 0.696. The quantitative estimate of drug-likeness (QED) is 0.255. The van der Waals surface area contributed by atoms with Crippen molar-refractivity contribution in [3.63, 3.8) is 0 Å². The van der Waals surface area contributed by atoms with Crippen LogP contribution in [0.5, 0.6) is 5.75 Å². The van der Waals surface area contributed by atoms with Crippen molar-refractivity contribution in [2.24, 2.45) is 0 Å². The Morgan fingerprint density at radius 2 is 1.59 bits per heavy atom. The van der Waals surface area contributed by atoms with Gasteiger partial charge in [0.1, 0.15) is 16.5 Å². The number of nitrogens with zero attached hydrogens (tertiary/aromatic N) is 1. The van der Waals surface area contributed by atoms with Crippen LogP contribution in [0, 0.1) is 0 Å². The van der Waals surface area contributed by atoms with E-state index in [0.29, 0.717) is 35.0 Å². The average Bonchev–Trinajstić information content (AvgIpc) is 3.14. The molecule has 39 heavy (non-hydrogen) atoms. The van der Waals surface area contributed by atoms with Gasteiger partial charge in [0, 0.05) is 22.0 Å². The van der Waals surface area contributed by atoms with Crippen LogP contribution < -0.4 is 20.3 Å². The number of anilines is 3. The highest BCUT2D eigenvalue weighted by molar-refractivity contribution is 6.53. The SMILES string of the molecule is CCCOC(=O)c1cccc(NC(=O)c2cccc(NC3=C(Cl)C(=O)N(c4cc(Cl)ccc4OC)C3=O)c2)c1. The lowest BCUT2D eigenvalue weighted by Crippen LogP contribution is -2.32. The third-order valence-corrected chi connectivity index (χ3v) is 6.18. The molecule has 200 valence electrons. The number of benzene rings is 3. The molecule has 0 atom stereocenters. The summed E-state index contributed by atoms with van der Waals surface area (Å²) in [5.74, 6) is -2.15. The van der Waals surface area contributed by atoms with Crippen molar-refractivity contribution in [1.29, 1.82) is 0 Å². The van der Waals surface area contributed by atoms with Gasteiger partial charge in [0.2, 0.25) is 0 Å². The standard InChI is InChI=1S/C28H23Cl2N3O6/c1-3-12-39-28(37)17-7-5-9-20(14-17)32-25(34)16-6-4-8-19(13-16)31-24-23(30)26(35)33(27(24)36)21-15-18(29)10-11-22(21)38-2/h4-11,13-15,31H,3,12H2,1-2H3,(H,32,34). The average molecular weight is 568 g/mol. The van der Waals surface area contributed by atoms with Crippen LogP contribution in [0.3, 0.4) is 0 Å². The maximum atomic E-state index is 13.2. The number of carbonyl (C=O) groups excluding carboxylic acids is 4. The van der Waals surface area contributed by atoms with E-state index in [0.717, 1.165) is 4.90 Å². The minimum absolute atomic E-state index is 0.142. The summed E-state index contributed by atoms with van der Waals surface area (Å²) >= 11 is 12.3. The maximum Gasteiger partial charge on any atom is 0.338 e. The van der Waals surface area contributed by atoms with Gasteiger partial charge in [-0.3, -0.25) is 14.4 Å². The van der Waals surface area contributed by atoms with E-state index in [1.165, 1.54) is 31.4 Å². The van der Waals surface area contributed by atoms with E-state index in [-0.39, 0.29) is 27.7 Å². The van der Waals surface area contributed by atoms with Crippen molar-refractivity contribution in [2.75, 3.05) is 29.3 Å². The molecule has 0 aliphatic carbocycles. The Labute approximate surface area is 234 Å². The zero-order valence-corrected chi connectivity index (χ0v) is 22.4. The Kier molecular flexibility index (Phi) is 8.53. The van der Waals surface area contributed by atoms with Crippen LogP contribution in [0.25, 0.3) is 0 Å².